The number of rotatable bonds is 2. The summed E-state index contributed by atoms with van der Waals surface area (Å²) in [6.45, 7) is 6.66. The Morgan fingerprint density at radius 3 is 2.45 bits per heavy atom. The summed E-state index contributed by atoms with van der Waals surface area (Å²) in [6.07, 6.45) is 9.05. The lowest BCUT2D eigenvalue weighted by molar-refractivity contribution is 0.361. The SMILES string of the molecule is CC1C(F)=Cc2c(C3CC4CC(C(C)C)CC4C3)ccnc21. The molecule has 3 unspecified atom stereocenters. The molecule has 22 heavy (non-hydrogen) atoms. The molecule has 0 amide bonds. The molecule has 0 aromatic carbocycles. The topological polar surface area (TPSA) is 12.9 Å². The van der Waals surface area contributed by atoms with Gasteiger partial charge >= 0.3 is 0 Å². The van der Waals surface area contributed by atoms with Crippen molar-refractivity contribution < 1.29 is 4.39 Å². The van der Waals surface area contributed by atoms with E-state index in [4.69, 9.17) is 0 Å². The fraction of sp³-hybridized carbons (Fsp3) is 0.650. The molecule has 3 atom stereocenters. The van der Waals surface area contributed by atoms with Gasteiger partial charge in [0, 0.05) is 11.8 Å². The number of nitrogens with zero attached hydrogens (tertiary/aromatic N) is 1. The molecular weight excluding hydrogens is 273 g/mol. The Labute approximate surface area is 133 Å². The van der Waals surface area contributed by atoms with Crippen molar-refractivity contribution in [3.05, 3.63) is 34.9 Å². The van der Waals surface area contributed by atoms with E-state index in [2.05, 4.69) is 24.9 Å². The molecule has 3 aliphatic rings. The van der Waals surface area contributed by atoms with Crippen LogP contribution >= 0.6 is 0 Å². The Morgan fingerprint density at radius 2 is 1.82 bits per heavy atom. The van der Waals surface area contributed by atoms with Crippen LogP contribution in [0.25, 0.3) is 6.08 Å². The third kappa shape index (κ3) is 2.14. The van der Waals surface area contributed by atoms with Gasteiger partial charge in [-0.25, -0.2) is 4.39 Å². The normalized spacial score (nSPS) is 36.6. The van der Waals surface area contributed by atoms with Crippen LogP contribution in [0.15, 0.2) is 18.1 Å². The molecule has 0 saturated heterocycles. The van der Waals surface area contributed by atoms with Crippen molar-refractivity contribution in [3.8, 4) is 0 Å². The van der Waals surface area contributed by atoms with Gasteiger partial charge in [-0.2, -0.15) is 0 Å². The predicted octanol–water partition coefficient (Wildman–Crippen LogP) is 5.68. The molecule has 2 fully saturated rings. The molecule has 118 valence electrons. The molecule has 1 heterocycles. The van der Waals surface area contributed by atoms with Gasteiger partial charge in [0.2, 0.25) is 0 Å². The van der Waals surface area contributed by atoms with Gasteiger partial charge < -0.3 is 0 Å². The minimum atomic E-state index is -0.152. The summed E-state index contributed by atoms with van der Waals surface area (Å²) in [7, 11) is 0. The van der Waals surface area contributed by atoms with Crippen LogP contribution in [-0.4, -0.2) is 4.98 Å². The summed E-state index contributed by atoms with van der Waals surface area (Å²) >= 11 is 0. The molecule has 0 spiro atoms. The first-order chi connectivity index (χ1) is 10.5. The van der Waals surface area contributed by atoms with Gasteiger partial charge in [0.15, 0.2) is 0 Å². The largest absolute Gasteiger partial charge is 0.260 e. The van der Waals surface area contributed by atoms with Crippen LogP contribution in [0.5, 0.6) is 0 Å². The van der Waals surface area contributed by atoms with Crippen LogP contribution < -0.4 is 0 Å². The fourth-order valence-corrected chi connectivity index (χ4v) is 5.22. The van der Waals surface area contributed by atoms with Crippen LogP contribution in [0.1, 0.15) is 75.1 Å². The molecule has 0 radical (unpaired) electrons. The second-order valence-electron chi connectivity index (χ2n) is 8.11. The minimum absolute atomic E-state index is 0.0204. The molecule has 1 aromatic rings. The number of pyridine rings is 1. The van der Waals surface area contributed by atoms with E-state index in [1.165, 1.54) is 31.2 Å². The number of halogens is 1. The quantitative estimate of drug-likeness (QED) is 0.684. The molecule has 2 heteroatoms. The number of fused-ring (bicyclic) bond motifs is 2. The summed E-state index contributed by atoms with van der Waals surface area (Å²) < 4.78 is 14.0. The molecule has 2 saturated carbocycles. The Kier molecular flexibility index (Phi) is 3.39. The summed E-state index contributed by atoms with van der Waals surface area (Å²) in [5.74, 6) is 4.00. The Bertz CT molecular complexity index is 604. The minimum Gasteiger partial charge on any atom is -0.260 e. The highest BCUT2D eigenvalue weighted by atomic mass is 19.1. The van der Waals surface area contributed by atoms with Crippen molar-refractivity contribution in [1.82, 2.24) is 4.98 Å². The predicted molar refractivity (Wildman–Crippen MR) is 88.3 cm³/mol. The maximum absolute atomic E-state index is 14.0. The smallest absolute Gasteiger partial charge is 0.109 e. The zero-order valence-electron chi connectivity index (χ0n) is 13.8. The third-order valence-electron chi connectivity index (χ3n) is 6.60. The van der Waals surface area contributed by atoms with Crippen LogP contribution in [0.2, 0.25) is 0 Å². The summed E-state index contributed by atoms with van der Waals surface area (Å²) in [5.41, 5.74) is 3.41. The molecule has 0 aliphatic heterocycles. The third-order valence-corrected chi connectivity index (χ3v) is 6.60. The molecule has 0 N–H and O–H groups in total. The van der Waals surface area contributed by atoms with Gasteiger partial charge in [-0.1, -0.05) is 20.8 Å². The van der Waals surface area contributed by atoms with Gasteiger partial charge in [-0.3, -0.25) is 4.98 Å². The van der Waals surface area contributed by atoms with Crippen molar-refractivity contribution >= 4 is 6.08 Å². The standard InChI is InChI=1S/C20H26FN/c1-11(2)13-6-14-8-16(9-15(14)7-13)17-4-5-22-20-12(3)19(21)10-18(17)20/h4-5,10-16H,6-9H2,1-3H3. The highest BCUT2D eigenvalue weighted by Gasteiger charge is 2.43. The van der Waals surface area contributed by atoms with Crippen molar-refractivity contribution in [3.63, 3.8) is 0 Å². The highest BCUT2D eigenvalue weighted by molar-refractivity contribution is 5.66. The van der Waals surface area contributed by atoms with Gasteiger partial charge in [0.1, 0.15) is 5.83 Å². The van der Waals surface area contributed by atoms with E-state index in [-0.39, 0.29) is 11.7 Å². The van der Waals surface area contributed by atoms with E-state index in [1.807, 2.05) is 13.1 Å². The first kappa shape index (κ1) is 14.4. The first-order valence-corrected chi connectivity index (χ1v) is 8.90. The second-order valence-corrected chi connectivity index (χ2v) is 8.11. The van der Waals surface area contributed by atoms with Crippen molar-refractivity contribution in [2.45, 2.75) is 58.3 Å². The van der Waals surface area contributed by atoms with E-state index in [0.717, 1.165) is 34.9 Å². The van der Waals surface area contributed by atoms with Crippen LogP contribution in [0, 0.1) is 23.7 Å². The number of allylic oxidation sites excluding steroid dienone is 1. The Hall–Kier alpha value is -1.18. The van der Waals surface area contributed by atoms with Gasteiger partial charge in [-0.15, -0.1) is 0 Å². The number of hydrogen-bond donors (Lipinski definition) is 0. The monoisotopic (exact) mass is 299 g/mol. The van der Waals surface area contributed by atoms with Gasteiger partial charge in [0.25, 0.3) is 0 Å². The molecule has 0 bridgehead atoms. The van der Waals surface area contributed by atoms with Crippen molar-refractivity contribution in [2.75, 3.05) is 0 Å². The average molecular weight is 299 g/mol. The Morgan fingerprint density at radius 1 is 1.14 bits per heavy atom. The lowest BCUT2D eigenvalue weighted by Gasteiger charge is -2.19. The maximum atomic E-state index is 14.0. The molecule has 4 rings (SSSR count). The summed E-state index contributed by atoms with van der Waals surface area (Å²) in [4.78, 5) is 4.44. The number of hydrogen-bond acceptors (Lipinski definition) is 1. The summed E-state index contributed by atoms with van der Waals surface area (Å²) in [5, 5.41) is 0. The van der Waals surface area contributed by atoms with Crippen molar-refractivity contribution in [2.24, 2.45) is 23.7 Å². The number of aromatic nitrogens is 1. The van der Waals surface area contributed by atoms with Crippen molar-refractivity contribution in [1.29, 1.82) is 0 Å². The summed E-state index contributed by atoms with van der Waals surface area (Å²) in [6, 6.07) is 2.15. The maximum Gasteiger partial charge on any atom is 0.109 e. The lowest BCUT2D eigenvalue weighted by Crippen LogP contribution is -2.07. The van der Waals surface area contributed by atoms with E-state index < -0.39 is 0 Å². The van der Waals surface area contributed by atoms with Crippen LogP contribution in [0.3, 0.4) is 0 Å². The molecule has 1 nitrogen and oxygen atoms in total. The second kappa shape index (κ2) is 5.18. The van der Waals surface area contributed by atoms with E-state index in [0.29, 0.717) is 5.92 Å². The fourth-order valence-electron chi connectivity index (χ4n) is 5.22. The first-order valence-electron chi connectivity index (χ1n) is 8.90. The zero-order valence-corrected chi connectivity index (χ0v) is 13.8. The van der Waals surface area contributed by atoms with Crippen LogP contribution in [-0.2, 0) is 0 Å². The van der Waals surface area contributed by atoms with E-state index in [9.17, 15) is 4.39 Å². The molecular formula is C20H26FN. The average Bonchev–Trinajstić information content (AvgIpc) is 3.11. The molecule has 3 aliphatic carbocycles. The van der Waals surface area contributed by atoms with Crippen LogP contribution in [0.4, 0.5) is 4.39 Å². The van der Waals surface area contributed by atoms with Gasteiger partial charge in [-0.05, 0) is 73.0 Å². The van der Waals surface area contributed by atoms with Gasteiger partial charge in [0.05, 0.1) is 11.6 Å². The zero-order chi connectivity index (χ0) is 15.4. The molecule has 1 aromatic heterocycles. The Balaban J connectivity index is 1.57. The lowest BCUT2D eigenvalue weighted by atomic mass is 9.86. The highest BCUT2D eigenvalue weighted by Crippen LogP contribution is 2.55. The van der Waals surface area contributed by atoms with E-state index in [1.54, 1.807) is 6.08 Å². The van der Waals surface area contributed by atoms with E-state index >= 15 is 0 Å².